The Bertz CT molecular complexity index is 1970. The maximum atomic E-state index is 13.4. The smallest absolute Gasteiger partial charge is 0.220 e. The molecule has 0 spiro atoms. The average molecular weight is 1320 g/mol. The van der Waals surface area contributed by atoms with Crippen molar-refractivity contribution in [3.05, 3.63) is 72.9 Å². The fraction of sp³-hybridized carbons (Fsp3) is 0.824. The van der Waals surface area contributed by atoms with E-state index in [0.717, 1.165) is 77.0 Å². The van der Waals surface area contributed by atoms with Gasteiger partial charge >= 0.3 is 0 Å². The molecule has 1 amide bonds. The standard InChI is InChI=1S/C74H131NO18/c1-3-5-7-9-11-13-15-17-19-20-21-22-23-24-25-26-27-28-29-30-31-32-33-34-35-36-38-40-42-44-46-48-50-52-62(80)75-57(58(79)51-49-47-45-43-41-39-37-18-16-14-12-10-8-6-4-2)56-88-72-68(86)65(83)70(60(54-77)90-72)93-74-69(87)66(84)71(61(55-78)91-74)92-73-67(85)64(82)63(81)59(53-76)89-73/h5,7,11,13,17,19,21-22,24-25,49,51,57-61,63-74,76-79,81-87H,3-4,6,8-10,12,14-16,18,20,23,26-48,50,52-56H2,1-2H3,(H,75,80)/b7-5-,13-11-,19-17-,22-21-,25-24-,51-49+. The van der Waals surface area contributed by atoms with Gasteiger partial charge in [0.05, 0.1) is 38.6 Å². The Labute approximate surface area is 559 Å². The third-order valence-electron chi connectivity index (χ3n) is 18.0. The minimum Gasteiger partial charge on any atom is -0.394 e. The highest BCUT2D eigenvalue weighted by Gasteiger charge is 2.53. The van der Waals surface area contributed by atoms with Crippen LogP contribution >= 0.6 is 0 Å². The molecule has 3 heterocycles. The molecule has 93 heavy (non-hydrogen) atoms. The fourth-order valence-corrected chi connectivity index (χ4v) is 12.1. The molecule has 0 aliphatic carbocycles. The highest BCUT2D eigenvalue weighted by atomic mass is 16.8. The molecule has 0 saturated carbocycles. The van der Waals surface area contributed by atoms with E-state index in [1.165, 1.54) is 154 Å². The minimum atomic E-state index is -1.98. The van der Waals surface area contributed by atoms with Crippen LogP contribution in [0.25, 0.3) is 0 Å². The van der Waals surface area contributed by atoms with Gasteiger partial charge in [-0.15, -0.1) is 0 Å². The van der Waals surface area contributed by atoms with Gasteiger partial charge in [-0.05, 0) is 64.2 Å². The number of aliphatic hydroxyl groups excluding tert-OH is 11. The quantitative estimate of drug-likeness (QED) is 0.0199. The van der Waals surface area contributed by atoms with Crippen molar-refractivity contribution in [1.82, 2.24) is 5.32 Å². The lowest BCUT2D eigenvalue weighted by Crippen LogP contribution is -2.66. The van der Waals surface area contributed by atoms with Crippen molar-refractivity contribution in [2.45, 2.75) is 362 Å². The molecule has 3 fully saturated rings. The number of rotatable bonds is 56. The molecule has 3 rings (SSSR count). The van der Waals surface area contributed by atoms with Crippen LogP contribution in [-0.4, -0.2) is 193 Å². The van der Waals surface area contributed by atoms with E-state index in [9.17, 15) is 61.0 Å². The first-order valence-corrected chi connectivity index (χ1v) is 36.7. The Morgan fingerprint density at radius 2 is 0.742 bits per heavy atom. The molecule has 0 radical (unpaired) electrons. The van der Waals surface area contributed by atoms with Crippen molar-refractivity contribution < 1.29 is 89.4 Å². The number of hydrogen-bond donors (Lipinski definition) is 12. The molecule has 0 aromatic carbocycles. The molecule has 540 valence electrons. The summed E-state index contributed by atoms with van der Waals surface area (Å²) in [5.74, 6) is -0.275. The van der Waals surface area contributed by atoms with Crippen LogP contribution in [0.3, 0.4) is 0 Å². The molecule has 19 nitrogen and oxygen atoms in total. The summed E-state index contributed by atoms with van der Waals surface area (Å²) in [6.45, 7) is 1.63. The molecule has 3 aliphatic rings. The summed E-state index contributed by atoms with van der Waals surface area (Å²) in [5.41, 5.74) is 0. The molecule has 19 heteroatoms. The van der Waals surface area contributed by atoms with E-state index in [-0.39, 0.29) is 18.9 Å². The molecular formula is C74H131NO18. The molecule has 0 aromatic heterocycles. The zero-order chi connectivity index (χ0) is 67.5. The number of hydrogen-bond acceptors (Lipinski definition) is 18. The maximum Gasteiger partial charge on any atom is 0.220 e. The third-order valence-corrected chi connectivity index (χ3v) is 18.0. The second kappa shape index (κ2) is 55.1. The van der Waals surface area contributed by atoms with Crippen LogP contribution in [0.2, 0.25) is 0 Å². The fourth-order valence-electron chi connectivity index (χ4n) is 12.1. The van der Waals surface area contributed by atoms with Crippen LogP contribution in [-0.2, 0) is 33.2 Å². The van der Waals surface area contributed by atoms with E-state index >= 15 is 0 Å². The van der Waals surface area contributed by atoms with Gasteiger partial charge in [-0.25, -0.2) is 0 Å². The van der Waals surface area contributed by atoms with Crippen molar-refractivity contribution in [3.8, 4) is 0 Å². The third kappa shape index (κ3) is 36.6. The molecular weight excluding hydrogens is 1190 g/mol. The van der Waals surface area contributed by atoms with Gasteiger partial charge in [0.25, 0.3) is 0 Å². The number of amides is 1. The Kier molecular flexibility index (Phi) is 50.1. The maximum absolute atomic E-state index is 13.4. The average Bonchev–Trinajstić information content (AvgIpc) is 0.902. The summed E-state index contributed by atoms with van der Waals surface area (Å²) in [4.78, 5) is 13.4. The van der Waals surface area contributed by atoms with E-state index < -0.39 is 124 Å². The molecule has 0 aromatic rings. The van der Waals surface area contributed by atoms with Crippen LogP contribution in [0.4, 0.5) is 0 Å². The largest absolute Gasteiger partial charge is 0.394 e. The lowest BCUT2D eigenvalue weighted by molar-refractivity contribution is -0.379. The van der Waals surface area contributed by atoms with E-state index in [0.29, 0.717) is 6.42 Å². The van der Waals surface area contributed by atoms with Crippen molar-refractivity contribution in [2.24, 2.45) is 0 Å². The number of nitrogens with one attached hydrogen (secondary N) is 1. The van der Waals surface area contributed by atoms with Gasteiger partial charge < -0.3 is 89.9 Å². The second-order valence-corrected chi connectivity index (χ2v) is 26.0. The monoisotopic (exact) mass is 1320 g/mol. The number of allylic oxidation sites excluding steroid dienone is 11. The van der Waals surface area contributed by atoms with Gasteiger partial charge in [0.15, 0.2) is 18.9 Å². The summed E-state index contributed by atoms with van der Waals surface area (Å²) >= 11 is 0. The van der Waals surface area contributed by atoms with Crippen molar-refractivity contribution in [1.29, 1.82) is 0 Å². The topological polar surface area (TPSA) is 307 Å². The van der Waals surface area contributed by atoms with Crippen molar-refractivity contribution in [3.63, 3.8) is 0 Å². The number of aliphatic hydroxyl groups is 11. The molecule has 3 saturated heterocycles. The van der Waals surface area contributed by atoms with E-state index in [1.807, 2.05) is 6.08 Å². The van der Waals surface area contributed by atoms with Gasteiger partial charge in [-0.3, -0.25) is 4.79 Å². The zero-order valence-electron chi connectivity index (χ0n) is 57.2. The van der Waals surface area contributed by atoms with E-state index in [1.54, 1.807) is 6.08 Å². The summed E-state index contributed by atoms with van der Waals surface area (Å²) < 4.78 is 34.4. The summed E-state index contributed by atoms with van der Waals surface area (Å²) in [5, 5.41) is 121. The molecule has 17 unspecified atom stereocenters. The van der Waals surface area contributed by atoms with Crippen LogP contribution in [0.5, 0.6) is 0 Å². The molecule has 12 N–H and O–H groups in total. The number of carbonyl (C=O) groups is 1. The number of ether oxygens (including phenoxy) is 6. The molecule has 17 atom stereocenters. The summed E-state index contributed by atoms with van der Waals surface area (Å²) in [6, 6.07) is -0.975. The van der Waals surface area contributed by atoms with Crippen molar-refractivity contribution in [2.75, 3.05) is 26.4 Å². The Balaban J connectivity index is 1.36. The normalized spacial score (nSPS) is 27.9. The first-order chi connectivity index (χ1) is 45.3. The highest BCUT2D eigenvalue weighted by Crippen LogP contribution is 2.33. The lowest BCUT2D eigenvalue weighted by atomic mass is 9.96. The minimum absolute atomic E-state index is 0.242. The predicted molar refractivity (Wildman–Crippen MR) is 365 cm³/mol. The number of unbranched alkanes of at least 4 members (excludes halogenated alkanes) is 30. The SMILES string of the molecule is CC/C=C\C/C=C\C/C=C\C/C=C\C/C=C\CCCCCCCCCCCCCCCCCCCC(=O)NC(COC1OC(CO)C(OC2OC(CO)C(OC3OC(CO)C(O)C(O)C3O)C(O)C2O)C(O)C1O)C(O)/C=C/CCCCCCCCCCCCCCC. The zero-order valence-corrected chi connectivity index (χ0v) is 57.2. The van der Waals surface area contributed by atoms with Gasteiger partial charge in [0, 0.05) is 6.42 Å². The summed E-state index contributed by atoms with van der Waals surface area (Å²) in [6.07, 6.45) is 43.1. The molecule has 0 bridgehead atoms. The van der Waals surface area contributed by atoms with E-state index in [4.69, 9.17) is 28.4 Å². The Morgan fingerprint density at radius 1 is 0.398 bits per heavy atom. The lowest BCUT2D eigenvalue weighted by Gasteiger charge is -2.48. The van der Waals surface area contributed by atoms with Crippen LogP contribution < -0.4 is 5.32 Å². The van der Waals surface area contributed by atoms with Gasteiger partial charge in [0.2, 0.25) is 5.91 Å². The van der Waals surface area contributed by atoms with E-state index in [2.05, 4.69) is 79.9 Å². The highest BCUT2D eigenvalue weighted by molar-refractivity contribution is 5.76. The second-order valence-electron chi connectivity index (χ2n) is 26.0. The van der Waals surface area contributed by atoms with Crippen molar-refractivity contribution >= 4 is 5.91 Å². The first kappa shape index (κ1) is 84.5. The Morgan fingerprint density at radius 3 is 1.16 bits per heavy atom. The number of carbonyl (C=O) groups excluding carboxylic acids is 1. The van der Waals surface area contributed by atoms with Crippen LogP contribution in [0, 0.1) is 0 Å². The van der Waals surface area contributed by atoms with Crippen LogP contribution in [0.15, 0.2) is 72.9 Å². The van der Waals surface area contributed by atoms with Crippen LogP contribution in [0.1, 0.15) is 258 Å². The molecule has 3 aliphatic heterocycles. The predicted octanol–water partition coefficient (Wildman–Crippen LogP) is 10.5. The van der Waals surface area contributed by atoms with Gasteiger partial charge in [-0.2, -0.15) is 0 Å². The first-order valence-electron chi connectivity index (χ1n) is 36.7. The van der Waals surface area contributed by atoms with Gasteiger partial charge in [0.1, 0.15) is 73.2 Å². The summed E-state index contributed by atoms with van der Waals surface area (Å²) in [7, 11) is 0. The van der Waals surface area contributed by atoms with Gasteiger partial charge in [-0.1, -0.05) is 260 Å². The Hall–Kier alpha value is -2.77.